The molecule has 33 heavy (non-hydrogen) atoms. The summed E-state index contributed by atoms with van der Waals surface area (Å²) in [6, 6.07) is 20.8. The Morgan fingerprint density at radius 2 is 1.82 bits per heavy atom. The smallest absolute Gasteiger partial charge is 0.244 e. The number of carbonyl (C=O) groups excluding carboxylic acids is 1. The van der Waals surface area contributed by atoms with Gasteiger partial charge in [0.2, 0.25) is 5.91 Å². The number of hydrogen-bond acceptors (Lipinski definition) is 5. The van der Waals surface area contributed by atoms with Gasteiger partial charge in [-0.2, -0.15) is 10.4 Å². The summed E-state index contributed by atoms with van der Waals surface area (Å²) in [5.74, 6) is 1.03. The molecule has 0 aliphatic heterocycles. The predicted molar refractivity (Wildman–Crippen MR) is 128 cm³/mol. The topological polar surface area (TPSA) is 83.7 Å². The minimum Gasteiger partial charge on any atom is -0.490 e. The Hall–Kier alpha value is -4.11. The van der Waals surface area contributed by atoms with Crippen molar-refractivity contribution in [2.24, 2.45) is 5.10 Å². The number of amides is 1. The van der Waals surface area contributed by atoms with Gasteiger partial charge in [0.1, 0.15) is 6.61 Å². The lowest BCUT2D eigenvalue weighted by Gasteiger charge is -2.12. The van der Waals surface area contributed by atoms with Crippen molar-refractivity contribution in [3.05, 3.63) is 94.0 Å². The van der Waals surface area contributed by atoms with E-state index >= 15 is 0 Å². The molecule has 3 aromatic carbocycles. The van der Waals surface area contributed by atoms with Crippen molar-refractivity contribution in [2.45, 2.75) is 33.8 Å². The molecule has 0 radical (unpaired) electrons. The van der Waals surface area contributed by atoms with E-state index in [-0.39, 0.29) is 12.3 Å². The Kier molecular flexibility index (Phi) is 8.20. The van der Waals surface area contributed by atoms with Gasteiger partial charge in [-0.3, -0.25) is 4.79 Å². The molecule has 0 unspecified atom stereocenters. The van der Waals surface area contributed by atoms with Crippen LogP contribution in [0.5, 0.6) is 11.5 Å². The monoisotopic (exact) mass is 441 g/mol. The summed E-state index contributed by atoms with van der Waals surface area (Å²) in [6.07, 6.45) is 1.85. The number of nitrogens with one attached hydrogen (secondary N) is 1. The van der Waals surface area contributed by atoms with Gasteiger partial charge in [0.15, 0.2) is 11.5 Å². The van der Waals surface area contributed by atoms with Crippen LogP contribution in [0.3, 0.4) is 0 Å². The highest BCUT2D eigenvalue weighted by molar-refractivity contribution is 5.84. The highest BCUT2D eigenvalue weighted by Crippen LogP contribution is 2.29. The summed E-state index contributed by atoms with van der Waals surface area (Å²) in [5, 5.41) is 13.0. The molecule has 0 aromatic heterocycles. The lowest BCUT2D eigenvalue weighted by Crippen LogP contribution is -2.20. The van der Waals surface area contributed by atoms with Crippen molar-refractivity contribution in [3.8, 4) is 17.6 Å². The number of hydrogen-bond donors (Lipinski definition) is 1. The summed E-state index contributed by atoms with van der Waals surface area (Å²) in [4.78, 5) is 12.2. The first kappa shape index (κ1) is 23.6. The number of carbonyl (C=O) groups is 1. The highest BCUT2D eigenvalue weighted by Gasteiger charge is 2.08. The van der Waals surface area contributed by atoms with E-state index in [1.54, 1.807) is 18.3 Å². The van der Waals surface area contributed by atoms with Gasteiger partial charge in [0, 0.05) is 0 Å². The Morgan fingerprint density at radius 1 is 1.03 bits per heavy atom. The zero-order chi connectivity index (χ0) is 23.6. The highest BCUT2D eigenvalue weighted by atomic mass is 16.5. The van der Waals surface area contributed by atoms with Gasteiger partial charge in [-0.15, -0.1) is 0 Å². The van der Waals surface area contributed by atoms with Crippen LogP contribution < -0.4 is 14.9 Å². The van der Waals surface area contributed by atoms with E-state index in [0.717, 1.165) is 22.3 Å². The zero-order valence-corrected chi connectivity index (χ0v) is 19.1. The summed E-state index contributed by atoms with van der Waals surface area (Å²) in [6.45, 7) is 6.77. The van der Waals surface area contributed by atoms with Gasteiger partial charge in [-0.05, 0) is 73.4 Å². The number of ether oxygens (including phenoxy) is 2. The minimum atomic E-state index is -0.175. The van der Waals surface area contributed by atoms with Crippen molar-refractivity contribution >= 4 is 12.1 Å². The molecule has 0 fully saturated rings. The molecule has 1 N–H and O–H groups in total. The molecule has 3 aromatic rings. The Balaban J connectivity index is 1.60. The summed E-state index contributed by atoms with van der Waals surface area (Å²) in [7, 11) is 0. The van der Waals surface area contributed by atoms with E-state index in [4.69, 9.17) is 14.7 Å². The van der Waals surface area contributed by atoms with Crippen molar-refractivity contribution < 1.29 is 14.3 Å². The number of hydrazone groups is 1. The fourth-order valence-corrected chi connectivity index (χ4v) is 3.26. The molecule has 0 atom stereocenters. The van der Waals surface area contributed by atoms with E-state index in [1.807, 2.05) is 63.2 Å². The van der Waals surface area contributed by atoms with E-state index in [0.29, 0.717) is 30.3 Å². The molecular formula is C27H27N3O3. The van der Waals surface area contributed by atoms with Crippen LogP contribution in [-0.2, 0) is 17.8 Å². The first-order valence-corrected chi connectivity index (χ1v) is 10.7. The van der Waals surface area contributed by atoms with E-state index < -0.39 is 0 Å². The third-order valence-electron chi connectivity index (χ3n) is 5.00. The van der Waals surface area contributed by atoms with Crippen LogP contribution in [-0.4, -0.2) is 18.7 Å². The second-order valence-electron chi connectivity index (χ2n) is 7.64. The molecule has 1 amide bonds. The summed E-state index contributed by atoms with van der Waals surface area (Å²) < 4.78 is 11.6. The van der Waals surface area contributed by atoms with Gasteiger partial charge in [-0.1, -0.05) is 35.9 Å². The summed E-state index contributed by atoms with van der Waals surface area (Å²) >= 11 is 0. The number of nitrogens with zero attached hydrogens (tertiary/aromatic N) is 2. The van der Waals surface area contributed by atoms with Crippen LogP contribution in [0.2, 0.25) is 0 Å². The summed E-state index contributed by atoms with van der Waals surface area (Å²) in [5.41, 5.74) is 8.16. The maximum atomic E-state index is 12.2. The van der Waals surface area contributed by atoms with E-state index in [1.165, 1.54) is 5.56 Å². The third kappa shape index (κ3) is 6.94. The standard InChI is InChI=1S/C27H27N3O3/c1-4-32-26-14-23(10-12-25(26)33-18-22-8-6-21(16-28)7-9-22)17-29-30-27(31)15-24-11-5-19(2)13-20(24)3/h5-14,17H,4,15,18H2,1-3H3,(H,30,31)/b29-17-. The first-order valence-electron chi connectivity index (χ1n) is 10.7. The fourth-order valence-electron chi connectivity index (χ4n) is 3.26. The molecule has 0 saturated carbocycles. The second kappa shape index (κ2) is 11.5. The largest absolute Gasteiger partial charge is 0.490 e. The molecule has 0 aliphatic carbocycles. The van der Waals surface area contributed by atoms with Gasteiger partial charge < -0.3 is 9.47 Å². The molecule has 6 heteroatoms. The SMILES string of the molecule is CCOc1cc(/C=N\NC(=O)Cc2ccc(C)cc2C)ccc1OCc1ccc(C#N)cc1. The average molecular weight is 442 g/mol. The maximum absolute atomic E-state index is 12.2. The van der Waals surface area contributed by atoms with Crippen molar-refractivity contribution in [1.29, 1.82) is 5.26 Å². The molecule has 0 spiro atoms. The lowest BCUT2D eigenvalue weighted by molar-refractivity contribution is -0.120. The molecular weight excluding hydrogens is 414 g/mol. The number of nitriles is 1. The number of benzene rings is 3. The normalized spacial score (nSPS) is 10.6. The molecule has 3 rings (SSSR count). The maximum Gasteiger partial charge on any atom is 0.244 e. The third-order valence-corrected chi connectivity index (χ3v) is 5.00. The Labute approximate surface area is 194 Å². The molecule has 0 bridgehead atoms. The molecule has 0 heterocycles. The lowest BCUT2D eigenvalue weighted by atomic mass is 10.0. The van der Waals surface area contributed by atoms with Gasteiger partial charge in [-0.25, -0.2) is 5.43 Å². The zero-order valence-electron chi connectivity index (χ0n) is 19.1. The van der Waals surface area contributed by atoms with E-state index in [9.17, 15) is 4.79 Å². The minimum absolute atomic E-state index is 0.175. The van der Waals surface area contributed by atoms with E-state index in [2.05, 4.69) is 22.7 Å². The average Bonchev–Trinajstić information content (AvgIpc) is 2.81. The predicted octanol–water partition coefficient (Wildman–Crippen LogP) is 4.85. The van der Waals surface area contributed by atoms with Gasteiger partial charge in [0.05, 0.1) is 30.9 Å². The van der Waals surface area contributed by atoms with Crippen LogP contribution in [0.1, 0.15) is 40.3 Å². The van der Waals surface area contributed by atoms with Crippen LogP contribution >= 0.6 is 0 Å². The van der Waals surface area contributed by atoms with Crippen molar-refractivity contribution in [1.82, 2.24) is 5.43 Å². The van der Waals surface area contributed by atoms with Gasteiger partial charge >= 0.3 is 0 Å². The van der Waals surface area contributed by atoms with Crippen LogP contribution in [0, 0.1) is 25.2 Å². The molecule has 0 saturated heterocycles. The number of rotatable bonds is 9. The number of aryl methyl sites for hydroxylation is 2. The van der Waals surface area contributed by atoms with Crippen LogP contribution in [0.15, 0.2) is 65.8 Å². The van der Waals surface area contributed by atoms with Crippen LogP contribution in [0.25, 0.3) is 0 Å². The fraction of sp³-hybridized carbons (Fsp3) is 0.222. The molecule has 168 valence electrons. The Bertz CT molecular complexity index is 1180. The van der Waals surface area contributed by atoms with Crippen molar-refractivity contribution in [3.63, 3.8) is 0 Å². The molecule has 0 aliphatic rings. The quantitative estimate of drug-likeness (QED) is 0.380. The second-order valence-corrected chi connectivity index (χ2v) is 7.64. The molecule has 6 nitrogen and oxygen atoms in total. The Morgan fingerprint density at radius 3 is 2.52 bits per heavy atom. The van der Waals surface area contributed by atoms with Crippen LogP contribution in [0.4, 0.5) is 0 Å². The van der Waals surface area contributed by atoms with Crippen molar-refractivity contribution in [2.75, 3.05) is 6.61 Å². The first-order chi connectivity index (χ1) is 16.0. The van der Waals surface area contributed by atoms with Gasteiger partial charge in [0.25, 0.3) is 0 Å².